The van der Waals surface area contributed by atoms with Gasteiger partial charge in [0.2, 0.25) is 0 Å². The van der Waals surface area contributed by atoms with E-state index in [4.69, 9.17) is 11.6 Å². The van der Waals surface area contributed by atoms with Gasteiger partial charge in [-0.15, -0.1) is 0 Å². The molecule has 0 radical (unpaired) electrons. The Bertz CT molecular complexity index is 1040. The molecule has 3 nitrogen and oxygen atoms in total. The number of halogens is 2. The van der Waals surface area contributed by atoms with Crippen LogP contribution in [0.25, 0.3) is 11.3 Å². The molecule has 6 heteroatoms. The highest BCUT2D eigenvalue weighted by atomic mass is 35.5. The normalized spacial score (nSPS) is 13.7. The van der Waals surface area contributed by atoms with E-state index in [1.807, 2.05) is 36.1 Å². The van der Waals surface area contributed by atoms with Crippen molar-refractivity contribution < 1.29 is 9.18 Å². The maximum Gasteiger partial charge on any atom is 0.255 e. The molecule has 0 saturated carbocycles. The zero-order valence-electron chi connectivity index (χ0n) is 17.6. The molecule has 1 fully saturated rings. The fraction of sp³-hybridized carbons (Fsp3) is 0.320. The molecule has 162 valence electrons. The zero-order chi connectivity index (χ0) is 21.8. The lowest BCUT2D eigenvalue weighted by Crippen LogP contribution is -2.28. The number of likely N-dealkylation sites (tertiary alicyclic amines) is 1. The van der Waals surface area contributed by atoms with Crippen molar-refractivity contribution in [1.82, 2.24) is 9.47 Å². The van der Waals surface area contributed by atoms with E-state index < -0.39 is 0 Å². The van der Waals surface area contributed by atoms with Gasteiger partial charge in [-0.3, -0.25) is 4.79 Å². The number of benzene rings is 2. The van der Waals surface area contributed by atoms with Crippen LogP contribution >= 0.6 is 23.4 Å². The maximum atomic E-state index is 14.0. The van der Waals surface area contributed by atoms with Crippen molar-refractivity contribution >= 4 is 29.3 Å². The van der Waals surface area contributed by atoms with Crippen molar-refractivity contribution in [3.05, 3.63) is 82.3 Å². The number of carbonyl (C=O) groups excluding carboxylic acids is 1. The van der Waals surface area contributed by atoms with Crippen LogP contribution in [0.4, 0.5) is 4.39 Å². The topological polar surface area (TPSA) is 25.2 Å². The second kappa shape index (κ2) is 9.92. The molecule has 1 amide bonds. The molecule has 0 unspecified atom stereocenters. The van der Waals surface area contributed by atoms with Crippen molar-refractivity contribution in [2.75, 3.05) is 18.8 Å². The Morgan fingerprint density at radius 2 is 1.84 bits per heavy atom. The lowest BCUT2D eigenvalue weighted by molar-refractivity contribution is 0.0792. The molecule has 1 aromatic heterocycles. The minimum Gasteiger partial charge on any atom is -0.343 e. The number of aromatic nitrogens is 1. The number of nitrogens with zero attached hydrogens (tertiary/aromatic N) is 2. The third kappa shape index (κ3) is 4.83. The fourth-order valence-corrected chi connectivity index (χ4v) is 5.35. The van der Waals surface area contributed by atoms with Gasteiger partial charge in [0.25, 0.3) is 5.91 Å². The maximum absolute atomic E-state index is 14.0. The van der Waals surface area contributed by atoms with E-state index in [9.17, 15) is 9.18 Å². The molecule has 1 aliphatic heterocycles. The summed E-state index contributed by atoms with van der Waals surface area (Å²) in [5.74, 6) is 1.17. The van der Waals surface area contributed by atoms with Crippen molar-refractivity contribution in [2.45, 2.75) is 32.1 Å². The molecular formula is C25H26ClFN2OS. The Morgan fingerprint density at radius 3 is 2.55 bits per heavy atom. The summed E-state index contributed by atoms with van der Waals surface area (Å²) in [7, 11) is 0. The summed E-state index contributed by atoms with van der Waals surface area (Å²) >= 11 is 7.80. The quantitative estimate of drug-likeness (QED) is 0.383. The van der Waals surface area contributed by atoms with Crippen LogP contribution in [0.1, 0.15) is 34.5 Å². The summed E-state index contributed by atoms with van der Waals surface area (Å²) in [6.45, 7) is 4.43. The zero-order valence-corrected chi connectivity index (χ0v) is 19.2. The summed E-state index contributed by atoms with van der Waals surface area (Å²) in [4.78, 5) is 15.1. The Labute approximate surface area is 192 Å². The van der Waals surface area contributed by atoms with E-state index in [1.54, 1.807) is 23.9 Å². The number of amides is 1. The Hall–Kier alpha value is -2.24. The molecule has 4 rings (SSSR count). The summed E-state index contributed by atoms with van der Waals surface area (Å²) in [6, 6.07) is 17.0. The highest BCUT2D eigenvalue weighted by Gasteiger charge is 2.24. The second-order valence-corrected chi connectivity index (χ2v) is 9.31. The molecule has 1 saturated heterocycles. The SMILES string of the molecule is Cc1c(C(=O)N2CCCC2)cc(-c2ccccc2)n1CCSCc1c(F)cccc1Cl. The standard InChI is InChI=1S/C25H26ClFN2OS/c1-18-20(25(30)28-12-5-6-13-28)16-24(19-8-3-2-4-9-19)29(18)14-15-31-17-21-22(26)10-7-11-23(21)27/h2-4,7-11,16H,5-6,12-15,17H2,1H3. The van der Waals surface area contributed by atoms with Crippen LogP contribution < -0.4 is 0 Å². The van der Waals surface area contributed by atoms with Gasteiger partial charge in [0.15, 0.2) is 0 Å². The average Bonchev–Trinajstić information content (AvgIpc) is 3.42. The molecule has 0 atom stereocenters. The van der Waals surface area contributed by atoms with Gasteiger partial charge >= 0.3 is 0 Å². The lowest BCUT2D eigenvalue weighted by Gasteiger charge is -2.16. The first kappa shape index (κ1) is 22.0. The summed E-state index contributed by atoms with van der Waals surface area (Å²) in [5, 5.41) is 0.466. The van der Waals surface area contributed by atoms with Crippen LogP contribution in [-0.4, -0.2) is 34.2 Å². The van der Waals surface area contributed by atoms with Gasteiger partial charge in [-0.05, 0) is 43.5 Å². The molecule has 31 heavy (non-hydrogen) atoms. The summed E-state index contributed by atoms with van der Waals surface area (Å²) < 4.78 is 16.3. The number of hydrogen-bond acceptors (Lipinski definition) is 2. The van der Waals surface area contributed by atoms with Crippen LogP contribution in [0.3, 0.4) is 0 Å². The number of hydrogen-bond donors (Lipinski definition) is 0. The fourth-order valence-electron chi connectivity index (χ4n) is 4.09. The van der Waals surface area contributed by atoms with E-state index in [-0.39, 0.29) is 11.7 Å². The number of thioether (sulfide) groups is 1. The predicted octanol–water partition coefficient (Wildman–Crippen LogP) is 6.43. The lowest BCUT2D eigenvalue weighted by atomic mass is 10.1. The minimum absolute atomic E-state index is 0.122. The molecule has 3 aromatic rings. The molecular weight excluding hydrogens is 431 g/mol. The van der Waals surface area contributed by atoms with Crippen LogP contribution in [0.2, 0.25) is 5.02 Å². The Balaban J connectivity index is 1.54. The van der Waals surface area contributed by atoms with Crippen LogP contribution in [0.15, 0.2) is 54.6 Å². The van der Waals surface area contributed by atoms with Gasteiger partial charge in [-0.1, -0.05) is 48.0 Å². The molecule has 2 heterocycles. The smallest absolute Gasteiger partial charge is 0.255 e. The van der Waals surface area contributed by atoms with Crippen molar-refractivity contribution in [2.24, 2.45) is 0 Å². The van der Waals surface area contributed by atoms with Gasteiger partial charge in [-0.2, -0.15) is 11.8 Å². The first-order valence-electron chi connectivity index (χ1n) is 10.6. The minimum atomic E-state index is -0.263. The first-order chi connectivity index (χ1) is 15.1. The summed E-state index contributed by atoms with van der Waals surface area (Å²) in [5.41, 5.74) is 4.45. The average molecular weight is 457 g/mol. The molecule has 0 N–H and O–H groups in total. The van der Waals surface area contributed by atoms with Crippen LogP contribution in [0, 0.1) is 12.7 Å². The van der Waals surface area contributed by atoms with E-state index in [0.29, 0.717) is 16.3 Å². The molecule has 0 aliphatic carbocycles. The van der Waals surface area contributed by atoms with Crippen molar-refractivity contribution in [3.63, 3.8) is 0 Å². The van der Waals surface area contributed by atoms with Gasteiger partial charge in [-0.25, -0.2) is 4.39 Å². The van der Waals surface area contributed by atoms with E-state index >= 15 is 0 Å². The van der Waals surface area contributed by atoms with Gasteiger partial charge in [0.05, 0.1) is 5.56 Å². The predicted molar refractivity (Wildman–Crippen MR) is 127 cm³/mol. The Kier molecular flexibility index (Phi) is 7.03. The summed E-state index contributed by atoms with van der Waals surface area (Å²) in [6.07, 6.45) is 2.15. The molecule has 1 aliphatic rings. The Morgan fingerprint density at radius 1 is 1.10 bits per heavy atom. The van der Waals surface area contributed by atoms with Crippen LogP contribution in [0.5, 0.6) is 0 Å². The third-order valence-electron chi connectivity index (χ3n) is 5.83. The van der Waals surface area contributed by atoms with Crippen LogP contribution in [-0.2, 0) is 12.3 Å². The first-order valence-corrected chi connectivity index (χ1v) is 12.1. The number of carbonyl (C=O) groups is 1. The largest absolute Gasteiger partial charge is 0.343 e. The van der Waals surface area contributed by atoms with Gasteiger partial charge in [0, 0.05) is 53.1 Å². The molecule has 2 aromatic carbocycles. The molecule has 0 spiro atoms. The molecule has 0 bridgehead atoms. The third-order valence-corrected chi connectivity index (χ3v) is 7.15. The van der Waals surface area contributed by atoms with Gasteiger partial charge < -0.3 is 9.47 Å². The highest BCUT2D eigenvalue weighted by Crippen LogP contribution is 2.29. The van der Waals surface area contributed by atoms with Gasteiger partial charge in [0.1, 0.15) is 5.82 Å². The van der Waals surface area contributed by atoms with Crippen molar-refractivity contribution in [3.8, 4) is 11.3 Å². The highest BCUT2D eigenvalue weighted by molar-refractivity contribution is 7.98. The second-order valence-electron chi connectivity index (χ2n) is 7.80. The van der Waals surface area contributed by atoms with E-state index in [1.165, 1.54) is 6.07 Å². The van der Waals surface area contributed by atoms with E-state index in [2.05, 4.69) is 16.7 Å². The number of rotatable bonds is 7. The monoisotopic (exact) mass is 456 g/mol. The van der Waals surface area contributed by atoms with Crippen molar-refractivity contribution in [1.29, 1.82) is 0 Å². The van der Waals surface area contributed by atoms with E-state index in [0.717, 1.165) is 60.7 Å².